The molecule has 0 aliphatic carbocycles. The first kappa shape index (κ1) is 20.8. The molecular weight excluding hydrogens is 356 g/mol. The Morgan fingerprint density at radius 2 is 2.00 bits per heavy atom. The number of rotatable bonds is 7. The first-order chi connectivity index (χ1) is 13.4. The van der Waals surface area contributed by atoms with Crippen LogP contribution in [0.15, 0.2) is 0 Å². The van der Waals surface area contributed by atoms with E-state index in [1.165, 1.54) is 5.56 Å². The monoisotopic (exact) mass is 390 g/mol. The van der Waals surface area contributed by atoms with Crippen LogP contribution in [0.1, 0.15) is 49.1 Å². The molecule has 2 atom stereocenters. The number of aromatic nitrogens is 2. The van der Waals surface area contributed by atoms with Gasteiger partial charge in [-0.3, -0.25) is 14.3 Å². The molecule has 7 heteroatoms. The topological polar surface area (TPSA) is 67.7 Å². The standard InChI is InChI=1S/C21H34N4O3/c1-15-16(2)22-25(17(15)3)12-9-20(26)23-11-8-19-18(14-23)6-7-21(27)24(19)10-5-13-28-4/h18-19H,5-14H2,1-4H3/t18-,19+/m0/s1. The van der Waals surface area contributed by atoms with Crippen molar-refractivity contribution in [2.24, 2.45) is 5.92 Å². The maximum absolute atomic E-state index is 12.8. The molecule has 7 nitrogen and oxygen atoms in total. The Bertz CT molecular complexity index is 715. The van der Waals surface area contributed by atoms with Crippen LogP contribution in [0.5, 0.6) is 0 Å². The average molecular weight is 391 g/mol. The highest BCUT2D eigenvalue weighted by Gasteiger charge is 2.39. The predicted octanol–water partition coefficient (Wildman–Crippen LogP) is 2.07. The van der Waals surface area contributed by atoms with E-state index in [2.05, 4.69) is 18.9 Å². The van der Waals surface area contributed by atoms with E-state index >= 15 is 0 Å². The van der Waals surface area contributed by atoms with Crippen LogP contribution < -0.4 is 0 Å². The van der Waals surface area contributed by atoms with Crippen LogP contribution in [0.2, 0.25) is 0 Å². The number of hydrogen-bond acceptors (Lipinski definition) is 4. The molecule has 2 fully saturated rings. The molecule has 3 heterocycles. The van der Waals surface area contributed by atoms with Gasteiger partial charge in [-0.05, 0) is 51.5 Å². The lowest BCUT2D eigenvalue weighted by Crippen LogP contribution is -2.57. The molecule has 0 aromatic carbocycles. The number of nitrogens with zero attached hydrogens (tertiary/aromatic N) is 4. The maximum atomic E-state index is 12.8. The summed E-state index contributed by atoms with van der Waals surface area (Å²) < 4.78 is 7.09. The van der Waals surface area contributed by atoms with Gasteiger partial charge < -0.3 is 14.5 Å². The number of amides is 2. The number of carbonyl (C=O) groups excluding carboxylic acids is 2. The Morgan fingerprint density at radius 1 is 1.21 bits per heavy atom. The van der Waals surface area contributed by atoms with Crippen LogP contribution in [0, 0.1) is 26.7 Å². The first-order valence-electron chi connectivity index (χ1n) is 10.5. The number of piperidine rings is 2. The van der Waals surface area contributed by atoms with E-state index in [1.54, 1.807) is 7.11 Å². The van der Waals surface area contributed by atoms with E-state index in [1.807, 2.05) is 21.4 Å². The quantitative estimate of drug-likeness (QED) is 0.669. The second-order valence-corrected chi connectivity index (χ2v) is 8.20. The lowest BCUT2D eigenvalue weighted by molar-refractivity contribution is -0.144. The fourth-order valence-corrected chi connectivity index (χ4v) is 4.61. The third-order valence-corrected chi connectivity index (χ3v) is 6.52. The van der Waals surface area contributed by atoms with E-state index in [4.69, 9.17) is 4.74 Å². The lowest BCUT2D eigenvalue weighted by atomic mass is 9.83. The zero-order valence-electron chi connectivity index (χ0n) is 17.7. The summed E-state index contributed by atoms with van der Waals surface area (Å²) in [4.78, 5) is 29.2. The summed E-state index contributed by atoms with van der Waals surface area (Å²) in [5.41, 5.74) is 3.38. The molecular formula is C21H34N4O3. The molecule has 1 aromatic rings. The van der Waals surface area contributed by atoms with Crippen molar-refractivity contribution >= 4 is 11.8 Å². The van der Waals surface area contributed by atoms with Crippen LogP contribution >= 0.6 is 0 Å². The van der Waals surface area contributed by atoms with Crippen molar-refractivity contribution in [3.63, 3.8) is 0 Å². The molecule has 2 amide bonds. The molecule has 2 saturated heterocycles. The van der Waals surface area contributed by atoms with E-state index in [0.29, 0.717) is 31.9 Å². The number of carbonyl (C=O) groups is 2. The SMILES string of the molecule is COCCCN1C(=O)CC[C@H]2CN(C(=O)CCn3nc(C)c(C)c3C)CC[C@H]21. The van der Waals surface area contributed by atoms with Gasteiger partial charge in [-0.15, -0.1) is 0 Å². The van der Waals surface area contributed by atoms with Crippen LogP contribution in [-0.2, 0) is 20.9 Å². The van der Waals surface area contributed by atoms with E-state index < -0.39 is 0 Å². The summed E-state index contributed by atoms with van der Waals surface area (Å²) in [6.45, 7) is 9.72. The Morgan fingerprint density at radius 3 is 2.68 bits per heavy atom. The minimum atomic E-state index is 0.200. The molecule has 2 aliphatic rings. The number of methoxy groups -OCH3 is 1. The zero-order valence-corrected chi connectivity index (χ0v) is 17.7. The number of ether oxygens (including phenoxy) is 1. The minimum Gasteiger partial charge on any atom is -0.385 e. The maximum Gasteiger partial charge on any atom is 0.224 e. The van der Waals surface area contributed by atoms with Gasteiger partial charge in [0.05, 0.1) is 5.69 Å². The van der Waals surface area contributed by atoms with E-state index in [0.717, 1.165) is 50.3 Å². The Hall–Kier alpha value is -1.89. The minimum absolute atomic E-state index is 0.200. The number of fused-ring (bicyclic) bond motifs is 1. The molecule has 0 radical (unpaired) electrons. The molecule has 0 spiro atoms. The van der Waals surface area contributed by atoms with Crippen molar-refractivity contribution in [3.8, 4) is 0 Å². The van der Waals surface area contributed by atoms with Gasteiger partial charge in [0.25, 0.3) is 0 Å². The highest BCUT2D eigenvalue weighted by molar-refractivity contribution is 5.78. The van der Waals surface area contributed by atoms with Crippen LogP contribution in [-0.4, -0.2) is 70.8 Å². The third-order valence-electron chi connectivity index (χ3n) is 6.52. The lowest BCUT2D eigenvalue weighted by Gasteiger charge is -2.47. The molecule has 0 bridgehead atoms. The number of hydrogen-bond donors (Lipinski definition) is 0. The van der Waals surface area contributed by atoms with Gasteiger partial charge in [0.2, 0.25) is 11.8 Å². The molecule has 1 aromatic heterocycles. The molecule has 0 saturated carbocycles. The highest BCUT2D eigenvalue weighted by atomic mass is 16.5. The highest BCUT2D eigenvalue weighted by Crippen LogP contribution is 2.31. The van der Waals surface area contributed by atoms with Crippen LogP contribution in [0.3, 0.4) is 0 Å². The first-order valence-corrected chi connectivity index (χ1v) is 10.5. The van der Waals surface area contributed by atoms with Crippen molar-refractivity contribution in [2.45, 2.75) is 65.5 Å². The normalized spacial score (nSPS) is 22.5. The molecule has 3 rings (SSSR count). The van der Waals surface area contributed by atoms with Crippen LogP contribution in [0.25, 0.3) is 0 Å². The van der Waals surface area contributed by atoms with Gasteiger partial charge in [-0.25, -0.2) is 0 Å². The van der Waals surface area contributed by atoms with Gasteiger partial charge in [0.1, 0.15) is 0 Å². The number of likely N-dealkylation sites (tertiary alicyclic amines) is 2. The summed E-state index contributed by atoms with van der Waals surface area (Å²) >= 11 is 0. The van der Waals surface area contributed by atoms with Crippen molar-refractivity contribution in [2.75, 3.05) is 33.4 Å². The molecule has 0 unspecified atom stereocenters. The summed E-state index contributed by atoms with van der Waals surface area (Å²) in [7, 11) is 1.69. The largest absolute Gasteiger partial charge is 0.385 e. The van der Waals surface area contributed by atoms with Gasteiger partial charge in [0.15, 0.2) is 0 Å². The Kier molecular flexibility index (Phi) is 6.75. The van der Waals surface area contributed by atoms with Gasteiger partial charge >= 0.3 is 0 Å². The molecule has 28 heavy (non-hydrogen) atoms. The second kappa shape index (κ2) is 9.07. The van der Waals surface area contributed by atoms with Crippen molar-refractivity contribution in [1.29, 1.82) is 0 Å². The predicted molar refractivity (Wildman–Crippen MR) is 107 cm³/mol. The molecule has 2 aliphatic heterocycles. The average Bonchev–Trinajstić information content (AvgIpc) is 2.94. The summed E-state index contributed by atoms with van der Waals surface area (Å²) in [6, 6.07) is 0.279. The fourth-order valence-electron chi connectivity index (χ4n) is 4.61. The van der Waals surface area contributed by atoms with Gasteiger partial charge in [-0.1, -0.05) is 0 Å². The number of aryl methyl sites for hydroxylation is 2. The molecule has 156 valence electrons. The summed E-state index contributed by atoms with van der Waals surface area (Å²) in [6.07, 6.45) is 3.73. The summed E-state index contributed by atoms with van der Waals surface area (Å²) in [5, 5.41) is 4.54. The summed E-state index contributed by atoms with van der Waals surface area (Å²) in [5.74, 6) is 0.859. The van der Waals surface area contributed by atoms with Gasteiger partial charge in [0, 0.05) is 64.5 Å². The third kappa shape index (κ3) is 4.40. The Balaban J connectivity index is 1.54. The van der Waals surface area contributed by atoms with Crippen LogP contribution in [0.4, 0.5) is 0 Å². The fraction of sp³-hybridized carbons (Fsp3) is 0.762. The van der Waals surface area contributed by atoms with E-state index in [-0.39, 0.29) is 17.9 Å². The van der Waals surface area contributed by atoms with Crippen molar-refractivity contribution in [1.82, 2.24) is 19.6 Å². The van der Waals surface area contributed by atoms with Crippen molar-refractivity contribution in [3.05, 3.63) is 17.0 Å². The van der Waals surface area contributed by atoms with Crippen molar-refractivity contribution < 1.29 is 14.3 Å². The zero-order chi connectivity index (χ0) is 20.3. The van der Waals surface area contributed by atoms with Gasteiger partial charge in [-0.2, -0.15) is 5.10 Å². The smallest absolute Gasteiger partial charge is 0.224 e. The second-order valence-electron chi connectivity index (χ2n) is 8.20. The molecule has 0 N–H and O–H groups in total. The Labute approximate surface area is 168 Å². The van der Waals surface area contributed by atoms with E-state index in [9.17, 15) is 9.59 Å².